The molecule has 3 nitrogen and oxygen atoms in total. The Morgan fingerprint density at radius 1 is 1.35 bits per heavy atom. The van der Waals surface area contributed by atoms with E-state index >= 15 is 0 Å². The quantitative estimate of drug-likeness (QED) is 0.884. The first-order valence-electron chi connectivity index (χ1n) is 6.19. The summed E-state index contributed by atoms with van der Waals surface area (Å²) in [6.07, 6.45) is 2.78. The minimum Gasteiger partial charge on any atom is -0.314 e. The van der Waals surface area contributed by atoms with E-state index in [0.29, 0.717) is 12.0 Å². The Bertz CT molecular complexity index is 480. The summed E-state index contributed by atoms with van der Waals surface area (Å²) in [7, 11) is 0. The molecule has 1 N–H and O–H groups in total. The maximum absolute atomic E-state index is 4.51. The van der Waals surface area contributed by atoms with Crippen LogP contribution < -0.4 is 5.32 Å². The predicted octanol–water partition coefficient (Wildman–Crippen LogP) is 3.18. The molecule has 92 valence electrons. The number of rotatable bonds is 5. The summed E-state index contributed by atoms with van der Waals surface area (Å²) >= 11 is 1.68. The van der Waals surface area contributed by atoms with Crippen LogP contribution in [0.2, 0.25) is 0 Å². The molecule has 17 heavy (non-hydrogen) atoms. The van der Waals surface area contributed by atoms with E-state index in [-0.39, 0.29) is 0 Å². The van der Waals surface area contributed by atoms with Crippen LogP contribution in [0.25, 0.3) is 10.2 Å². The predicted molar refractivity (Wildman–Crippen MR) is 73.6 cm³/mol. The number of hydrogen-bond donors (Lipinski definition) is 1. The fourth-order valence-electron chi connectivity index (χ4n) is 2.35. The average Bonchev–Trinajstić information content (AvgIpc) is 2.79. The number of likely N-dealkylation sites (N-methyl/N-ethyl adjacent to an activating group) is 1. The van der Waals surface area contributed by atoms with Gasteiger partial charge in [-0.25, -0.2) is 9.97 Å². The Kier molecular flexibility index (Phi) is 4.07. The number of thiophene rings is 1. The summed E-state index contributed by atoms with van der Waals surface area (Å²) in [5.74, 6) is 0.454. The Balaban J connectivity index is 2.39. The van der Waals surface area contributed by atoms with E-state index in [1.54, 1.807) is 17.7 Å². The highest BCUT2D eigenvalue weighted by atomic mass is 32.1. The maximum Gasteiger partial charge on any atom is 0.126 e. The van der Waals surface area contributed by atoms with Crippen molar-refractivity contribution in [3.63, 3.8) is 0 Å². The van der Waals surface area contributed by atoms with Crippen LogP contribution in [0.5, 0.6) is 0 Å². The molecule has 2 unspecified atom stereocenters. The summed E-state index contributed by atoms with van der Waals surface area (Å²) in [6.45, 7) is 7.59. The van der Waals surface area contributed by atoms with Crippen molar-refractivity contribution in [2.45, 2.75) is 39.2 Å². The molecule has 2 atom stereocenters. The Hall–Kier alpha value is -1.00. The fourth-order valence-corrected chi connectivity index (χ4v) is 3.09. The summed E-state index contributed by atoms with van der Waals surface area (Å²) in [4.78, 5) is 9.91. The van der Waals surface area contributed by atoms with Gasteiger partial charge in [0.25, 0.3) is 0 Å². The van der Waals surface area contributed by atoms with Crippen LogP contribution in [0.4, 0.5) is 0 Å². The van der Waals surface area contributed by atoms with E-state index in [4.69, 9.17) is 0 Å². The van der Waals surface area contributed by atoms with Crippen LogP contribution in [0.1, 0.15) is 38.8 Å². The fraction of sp³-hybridized carbons (Fsp3) is 0.538. The standard InChI is InChI=1S/C13H19N3S/c1-4-10(9(3)14-5-2)12-11-6-7-17-13(11)16-8-15-12/h6-10,14H,4-5H2,1-3H3. The molecule has 4 heteroatoms. The van der Waals surface area contributed by atoms with Gasteiger partial charge in [0, 0.05) is 17.3 Å². The van der Waals surface area contributed by atoms with Gasteiger partial charge in [-0.2, -0.15) is 0 Å². The molecular weight excluding hydrogens is 230 g/mol. The van der Waals surface area contributed by atoms with Crippen molar-refractivity contribution in [3.05, 3.63) is 23.5 Å². The molecule has 0 fully saturated rings. The van der Waals surface area contributed by atoms with Crippen LogP contribution in [0.3, 0.4) is 0 Å². The highest BCUT2D eigenvalue weighted by Crippen LogP contribution is 2.29. The lowest BCUT2D eigenvalue weighted by Crippen LogP contribution is -2.32. The van der Waals surface area contributed by atoms with E-state index in [9.17, 15) is 0 Å². The van der Waals surface area contributed by atoms with Crippen LogP contribution in [0, 0.1) is 0 Å². The first-order valence-corrected chi connectivity index (χ1v) is 7.07. The third-order valence-corrected chi connectivity index (χ3v) is 4.03. The molecular formula is C13H19N3S. The van der Waals surface area contributed by atoms with Crippen molar-refractivity contribution in [2.75, 3.05) is 6.54 Å². The van der Waals surface area contributed by atoms with Gasteiger partial charge in [0.15, 0.2) is 0 Å². The molecule has 0 saturated heterocycles. The first-order chi connectivity index (χ1) is 8.27. The second kappa shape index (κ2) is 5.56. The average molecular weight is 249 g/mol. The van der Waals surface area contributed by atoms with E-state index in [2.05, 4.69) is 47.5 Å². The molecule has 2 aromatic rings. The third kappa shape index (κ3) is 2.48. The molecule has 0 aliphatic carbocycles. The highest BCUT2D eigenvalue weighted by molar-refractivity contribution is 7.16. The topological polar surface area (TPSA) is 37.8 Å². The van der Waals surface area contributed by atoms with Gasteiger partial charge in [0.05, 0.1) is 5.69 Å². The van der Waals surface area contributed by atoms with Crippen LogP contribution >= 0.6 is 11.3 Å². The second-order valence-corrected chi connectivity index (χ2v) is 5.15. The van der Waals surface area contributed by atoms with Gasteiger partial charge < -0.3 is 5.32 Å². The van der Waals surface area contributed by atoms with Gasteiger partial charge in [-0.1, -0.05) is 13.8 Å². The Morgan fingerprint density at radius 2 is 2.18 bits per heavy atom. The SMILES string of the molecule is CCNC(C)C(CC)c1ncnc2sccc12. The van der Waals surface area contributed by atoms with Gasteiger partial charge in [0.1, 0.15) is 11.2 Å². The molecule has 0 aromatic carbocycles. The van der Waals surface area contributed by atoms with Crippen molar-refractivity contribution in [1.82, 2.24) is 15.3 Å². The molecule has 0 bridgehead atoms. The molecule has 0 saturated carbocycles. The zero-order chi connectivity index (χ0) is 12.3. The largest absolute Gasteiger partial charge is 0.314 e. The Morgan fingerprint density at radius 3 is 2.88 bits per heavy atom. The summed E-state index contributed by atoms with van der Waals surface area (Å²) in [5, 5.41) is 6.80. The van der Waals surface area contributed by atoms with Gasteiger partial charge in [-0.3, -0.25) is 0 Å². The van der Waals surface area contributed by atoms with E-state index in [0.717, 1.165) is 17.8 Å². The maximum atomic E-state index is 4.51. The molecule has 0 spiro atoms. The monoisotopic (exact) mass is 249 g/mol. The van der Waals surface area contributed by atoms with Crippen LogP contribution in [-0.2, 0) is 0 Å². The van der Waals surface area contributed by atoms with Crippen molar-refractivity contribution < 1.29 is 0 Å². The smallest absolute Gasteiger partial charge is 0.126 e. The number of hydrogen-bond acceptors (Lipinski definition) is 4. The molecule has 0 amide bonds. The summed E-state index contributed by atoms with van der Waals surface area (Å²) in [5.41, 5.74) is 1.19. The zero-order valence-corrected chi connectivity index (χ0v) is 11.4. The van der Waals surface area contributed by atoms with Crippen molar-refractivity contribution in [3.8, 4) is 0 Å². The van der Waals surface area contributed by atoms with Gasteiger partial charge in [-0.15, -0.1) is 11.3 Å². The number of nitrogens with one attached hydrogen (secondary N) is 1. The Labute approximate surface area is 106 Å². The third-order valence-electron chi connectivity index (χ3n) is 3.21. The minimum atomic E-state index is 0.447. The second-order valence-electron chi connectivity index (χ2n) is 4.26. The number of fused-ring (bicyclic) bond motifs is 1. The lowest BCUT2D eigenvalue weighted by molar-refractivity contribution is 0.455. The first kappa shape index (κ1) is 12.5. The molecule has 0 aliphatic heterocycles. The minimum absolute atomic E-state index is 0.447. The van der Waals surface area contributed by atoms with Crippen molar-refractivity contribution >= 4 is 21.6 Å². The van der Waals surface area contributed by atoms with Crippen LogP contribution in [0.15, 0.2) is 17.8 Å². The van der Waals surface area contributed by atoms with E-state index in [1.165, 1.54) is 11.1 Å². The van der Waals surface area contributed by atoms with Crippen molar-refractivity contribution in [1.29, 1.82) is 0 Å². The van der Waals surface area contributed by atoms with Gasteiger partial charge in [0.2, 0.25) is 0 Å². The van der Waals surface area contributed by atoms with E-state index in [1.807, 2.05) is 0 Å². The highest BCUT2D eigenvalue weighted by Gasteiger charge is 2.20. The van der Waals surface area contributed by atoms with Crippen LogP contribution in [-0.4, -0.2) is 22.6 Å². The summed E-state index contributed by atoms with van der Waals surface area (Å²) in [6, 6.07) is 2.58. The molecule has 0 aliphatic rings. The normalized spacial score (nSPS) is 15.0. The van der Waals surface area contributed by atoms with Crippen molar-refractivity contribution in [2.24, 2.45) is 0 Å². The lowest BCUT2D eigenvalue weighted by Gasteiger charge is -2.23. The van der Waals surface area contributed by atoms with E-state index < -0.39 is 0 Å². The molecule has 0 radical (unpaired) electrons. The number of nitrogens with zero attached hydrogens (tertiary/aromatic N) is 2. The zero-order valence-electron chi connectivity index (χ0n) is 10.6. The summed E-state index contributed by atoms with van der Waals surface area (Å²) < 4.78 is 0. The lowest BCUT2D eigenvalue weighted by atomic mass is 9.92. The number of aromatic nitrogens is 2. The van der Waals surface area contributed by atoms with Gasteiger partial charge >= 0.3 is 0 Å². The van der Waals surface area contributed by atoms with Gasteiger partial charge in [-0.05, 0) is 31.3 Å². The molecule has 2 aromatic heterocycles. The molecule has 2 heterocycles. The molecule has 2 rings (SSSR count).